The number of carbonyl (C=O) groups is 3. The minimum absolute atomic E-state index is 0.0602. The van der Waals surface area contributed by atoms with Crippen LogP contribution in [0.3, 0.4) is 0 Å². The average molecular weight is 481 g/mol. The molecule has 1 fully saturated rings. The van der Waals surface area contributed by atoms with Gasteiger partial charge in [-0.3, -0.25) is 19.7 Å². The number of likely N-dealkylation sites (tertiary alicyclic amines) is 1. The molecule has 0 spiro atoms. The Labute approximate surface area is 207 Å². The maximum atomic E-state index is 12.9. The molecule has 36 heavy (non-hydrogen) atoms. The predicted molar refractivity (Wildman–Crippen MR) is 136 cm³/mol. The van der Waals surface area contributed by atoms with E-state index < -0.39 is 6.04 Å². The molecule has 2 N–H and O–H groups in total. The van der Waals surface area contributed by atoms with Crippen LogP contribution in [-0.2, 0) is 20.8 Å². The zero-order valence-electron chi connectivity index (χ0n) is 19.4. The number of benzene rings is 2. The fourth-order valence-electron chi connectivity index (χ4n) is 4.39. The molecule has 5 rings (SSSR count). The summed E-state index contributed by atoms with van der Waals surface area (Å²) in [5.41, 5.74) is 3.35. The van der Waals surface area contributed by atoms with Crippen LogP contribution in [0.4, 0.5) is 11.8 Å². The lowest BCUT2D eigenvalue weighted by molar-refractivity contribution is -0.136. The van der Waals surface area contributed by atoms with E-state index in [1.165, 1.54) is 0 Å². The highest BCUT2D eigenvalue weighted by Gasteiger charge is 2.34. The fourth-order valence-corrected chi connectivity index (χ4v) is 4.39. The lowest BCUT2D eigenvalue weighted by Gasteiger charge is -2.23. The van der Waals surface area contributed by atoms with Crippen molar-refractivity contribution in [2.24, 2.45) is 0 Å². The second-order valence-electron chi connectivity index (χ2n) is 8.56. The predicted octanol–water partition coefficient (Wildman–Crippen LogP) is 3.43. The Balaban J connectivity index is 1.25. The number of pyridine rings is 1. The summed E-state index contributed by atoms with van der Waals surface area (Å²) >= 11 is 0. The summed E-state index contributed by atoms with van der Waals surface area (Å²) in [6.45, 7) is 0.563. The minimum Gasteiger partial charge on any atom is -0.330 e. The van der Waals surface area contributed by atoms with Crippen molar-refractivity contribution in [3.63, 3.8) is 0 Å². The van der Waals surface area contributed by atoms with Crippen LogP contribution < -0.4 is 10.6 Å². The number of hydrogen-bond acceptors (Lipinski definition) is 6. The average Bonchev–Trinajstić information content (AvgIpc) is 3.40. The van der Waals surface area contributed by atoms with E-state index in [1.54, 1.807) is 23.4 Å². The second kappa shape index (κ2) is 10.3. The van der Waals surface area contributed by atoms with E-state index in [9.17, 15) is 14.4 Å². The first-order valence-electron chi connectivity index (χ1n) is 11.7. The zero-order chi connectivity index (χ0) is 24.9. The van der Waals surface area contributed by atoms with Crippen LogP contribution >= 0.6 is 0 Å². The van der Waals surface area contributed by atoms with E-state index in [2.05, 4.69) is 25.6 Å². The summed E-state index contributed by atoms with van der Waals surface area (Å²) in [7, 11) is 0. The van der Waals surface area contributed by atoms with Crippen LogP contribution in [0.15, 0.2) is 73.1 Å². The maximum Gasteiger partial charge on any atom is 0.249 e. The quantitative estimate of drug-likeness (QED) is 0.392. The first-order chi connectivity index (χ1) is 17.6. The number of hydrogen-bond donors (Lipinski definition) is 2. The van der Waals surface area contributed by atoms with Crippen molar-refractivity contribution >= 4 is 40.9 Å². The Kier molecular flexibility index (Phi) is 6.61. The number of amides is 3. The lowest BCUT2D eigenvalue weighted by Crippen LogP contribution is -2.44. The molecule has 3 heterocycles. The first-order valence-corrected chi connectivity index (χ1v) is 11.7. The second-order valence-corrected chi connectivity index (χ2v) is 8.56. The normalized spacial score (nSPS) is 15.0. The molecule has 1 aliphatic rings. The topological polar surface area (TPSA) is 117 Å². The Bertz CT molecular complexity index is 1410. The third kappa shape index (κ3) is 5.05. The summed E-state index contributed by atoms with van der Waals surface area (Å²) in [5.74, 6) is 0.336. The molecule has 3 amide bonds. The number of nitrogens with zero attached hydrogens (tertiary/aromatic N) is 4. The third-order valence-electron chi connectivity index (χ3n) is 6.19. The van der Waals surface area contributed by atoms with Crippen LogP contribution in [0.5, 0.6) is 0 Å². The molecule has 9 heteroatoms. The van der Waals surface area contributed by atoms with Crippen molar-refractivity contribution in [1.82, 2.24) is 19.9 Å². The minimum atomic E-state index is -0.531. The van der Waals surface area contributed by atoms with Crippen LogP contribution in [0.25, 0.3) is 22.0 Å². The standard InChI is InChI=1S/C27H24N6O3/c34-17-30-24-11-9-20-14-19(8-10-22(20)31-24)21-15-28-27(29-16-21)32-26(36)23-7-4-12-33(23)25(35)13-18-5-2-1-3-6-18/h1-3,5-6,8-11,14-17,23H,4,7,12-13H2,(H,30,31,34)(H,28,29,32,36)/t23-/m0/s1. The largest absolute Gasteiger partial charge is 0.330 e. The van der Waals surface area contributed by atoms with E-state index in [-0.39, 0.29) is 24.2 Å². The van der Waals surface area contributed by atoms with Crippen LogP contribution in [0, 0.1) is 0 Å². The van der Waals surface area contributed by atoms with Crippen molar-refractivity contribution in [2.45, 2.75) is 25.3 Å². The van der Waals surface area contributed by atoms with Gasteiger partial charge in [-0.15, -0.1) is 0 Å². The molecule has 1 aliphatic heterocycles. The Morgan fingerprint density at radius 2 is 1.81 bits per heavy atom. The van der Waals surface area contributed by atoms with Gasteiger partial charge in [0.2, 0.25) is 24.2 Å². The molecule has 0 saturated carbocycles. The molecule has 0 bridgehead atoms. The molecule has 2 aromatic carbocycles. The number of nitrogens with one attached hydrogen (secondary N) is 2. The Hall–Kier alpha value is -4.66. The number of aromatic nitrogens is 3. The van der Waals surface area contributed by atoms with Gasteiger partial charge in [0.05, 0.1) is 11.9 Å². The van der Waals surface area contributed by atoms with Gasteiger partial charge >= 0.3 is 0 Å². The van der Waals surface area contributed by atoms with Gasteiger partial charge in [-0.2, -0.15) is 0 Å². The van der Waals surface area contributed by atoms with Crippen molar-refractivity contribution < 1.29 is 14.4 Å². The smallest absolute Gasteiger partial charge is 0.249 e. The molecule has 1 saturated heterocycles. The summed E-state index contributed by atoms with van der Waals surface area (Å²) in [6.07, 6.45) is 5.54. The van der Waals surface area contributed by atoms with Crippen LogP contribution in [0.2, 0.25) is 0 Å². The van der Waals surface area contributed by atoms with Crippen LogP contribution in [-0.4, -0.2) is 50.7 Å². The lowest BCUT2D eigenvalue weighted by atomic mass is 10.1. The Morgan fingerprint density at radius 1 is 1.00 bits per heavy atom. The van der Waals surface area contributed by atoms with Crippen molar-refractivity contribution in [2.75, 3.05) is 17.2 Å². The van der Waals surface area contributed by atoms with Gasteiger partial charge in [0.1, 0.15) is 11.9 Å². The number of carbonyl (C=O) groups excluding carboxylic acids is 3. The van der Waals surface area contributed by atoms with Gasteiger partial charge < -0.3 is 10.2 Å². The monoisotopic (exact) mass is 480 g/mol. The van der Waals surface area contributed by atoms with Crippen LogP contribution in [0.1, 0.15) is 18.4 Å². The van der Waals surface area contributed by atoms with Gasteiger partial charge in [0.15, 0.2) is 0 Å². The maximum absolute atomic E-state index is 12.9. The van der Waals surface area contributed by atoms with E-state index in [1.807, 2.05) is 54.6 Å². The van der Waals surface area contributed by atoms with Gasteiger partial charge in [-0.1, -0.05) is 36.4 Å². The molecule has 9 nitrogen and oxygen atoms in total. The van der Waals surface area contributed by atoms with Crippen molar-refractivity contribution in [1.29, 1.82) is 0 Å². The molecule has 0 aliphatic carbocycles. The molecule has 4 aromatic rings. The number of fused-ring (bicyclic) bond motifs is 1. The zero-order valence-corrected chi connectivity index (χ0v) is 19.4. The van der Waals surface area contributed by atoms with E-state index >= 15 is 0 Å². The highest BCUT2D eigenvalue weighted by Crippen LogP contribution is 2.25. The van der Waals surface area contributed by atoms with E-state index in [4.69, 9.17) is 0 Å². The third-order valence-corrected chi connectivity index (χ3v) is 6.19. The van der Waals surface area contributed by atoms with Gasteiger partial charge in [0, 0.05) is 29.9 Å². The van der Waals surface area contributed by atoms with Gasteiger partial charge in [-0.05, 0) is 48.2 Å². The van der Waals surface area contributed by atoms with Crippen molar-refractivity contribution in [3.8, 4) is 11.1 Å². The molecular formula is C27H24N6O3. The SMILES string of the molecule is O=CNc1ccc2cc(-c3cnc(NC(=O)[C@@H]4CCCN4C(=O)Cc4ccccc4)nc3)ccc2n1. The molecule has 180 valence electrons. The summed E-state index contributed by atoms with van der Waals surface area (Å²) in [4.78, 5) is 51.0. The van der Waals surface area contributed by atoms with Gasteiger partial charge in [-0.25, -0.2) is 15.0 Å². The summed E-state index contributed by atoms with van der Waals surface area (Å²) in [6, 6.07) is 18.3. The van der Waals surface area contributed by atoms with Crippen molar-refractivity contribution in [3.05, 3.63) is 78.6 Å². The van der Waals surface area contributed by atoms with Gasteiger partial charge in [0.25, 0.3) is 0 Å². The van der Waals surface area contributed by atoms with E-state index in [0.717, 1.165) is 34.0 Å². The highest BCUT2D eigenvalue weighted by molar-refractivity contribution is 5.96. The molecular weight excluding hydrogens is 456 g/mol. The summed E-state index contributed by atoms with van der Waals surface area (Å²) in [5, 5.41) is 6.20. The molecule has 2 aromatic heterocycles. The number of rotatable bonds is 7. The molecule has 1 atom stereocenters. The molecule has 0 unspecified atom stereocenters. The highest BCUT2D eigenvalue weighted by atomic mass is 16.2. The Morgan fingerprint density at radius 3 is 2.58 bits per heavy atom. The fraction of sp³-hybridized carbons (Fsp3) is 0.185. The first kappa shape index (κ1) is 23.1. The number of anilines is 2. The molecule has 0 radical (unpaired) electrons. The summed E-state index contributed by atoms with van der Waals surface area (Å²) < 4.78 is 0. The van der Waals surface area contributed by atoms with E-state index in [0.29, 0.717) is 25.2 Å².